The molecule has 4 rings (SSSR count). The molecular formula is C37H43N3O5S2. The van der Waals surface area contributed by atoms with Gasteiger partial charge in [-0.15, -0.1) is 11.8 Å². The van der Waals surface area contributed by atoms with Crippen LogP contribution < -0.4 is 14.4 Å². The summed E-state index contributed by atoms with van der Waals surface area (Å²) in [6.07, 6.45) is 2.16. The van der Waals surface area contributed by atoms with Crippen molar-refractivity contribution in [1.29, 1.82) is 0 Å². The SMILES string of the molecule is CCOc1ccccc1N(CC(=O)N(Cc1cccc(C)c1)[C@H](Cc1ccccc1)C(=O)NC(C)C)S(=O)(=O)c1ccc(SC)cc1. The van der Waals surface area contributed by atoms with Crippen LogP contribution in [0.4, 0.5) is 5.69 Å². The quantitative estimate of drug-likeness (QED) is 0.145. The van der Waals surface area contributed by atoms with E-state index in [0.29, 0.717) is 12.4 Å². The first kappa shape index (κ1) is 35.6. The van der Waals surface area contributed by atoms with Gasteiger partial charge in [-0.05, 0) is 81.5 Å². The monoisotopic (exact) mass is 673 g/mol. The molecule has 0 unspecified atom stereocenters. The molecule has 8 nitrogen and oxygen atoms in total. The zero-order chi connectivity index (χ0) is 34.0. The Morgan fingerprint density at radius 2 is 1.53 bits per heavy atom. The minimum absolute atomic E-state index is 0.0398. The average molecular weight is 674 g/mol. The first-order valence-electron chi connectivity index (χ1n) is 15.6. The van der Waals surface area contributed by atoms with Gasteiger partial charge in [0.05, 0.1) is 17.2 Å². The third kappa shape index (κ3) is 9.39. The zero-order valence-electron chi connectivity index (χ0n) is 27.6. The molecule has 2 amide bonds. The summed E-state index contributed by atoms with van der Waals surface area (Å²) in [5, 5.41) is 2.99. The van der Waals surface area contributed by atoms with Crippen molar-refractivity contribution in [2.24, 2.45) is 0 Å². The van der Waals surface area contributed by atoms with E-state index in [4.69, 9.17) is 4.74 Å². The summed E-state index contributed by atoms with van der Waals surface area (Å²) in [5.74, 6) is -0.515. The third-order valence-corrected chi connectivity index (χ3v) is 10.0. The van der Waals surface area contributed by atoms with Gasteiger partial charge in [0.15, 0.2) is 0 Å². The zero-order valence-corrected chi connectivity index (χ0v) is 29.2. The number of amides is 2. The number of benzene rings is 4. The van der Waals surface area contributed by atoms with Gasteiger partial charge < -0.3 is 15.0 Å². The number of anilines is 1. The molecule has 0 fully saturated rings. The summed E-state index contributed by atoms with van der Waals surface area (Å²) in [6, 6.07) is 29.5. The number of carbonyl (C=O) groups excluding carboxylic acids is 2. The van der Waals surface area contributed by atoms with Crippen LogP contribution in [0.2, 0.25) is 0 Å². The Morgan fingerprint density at radius 3 is 2.17 bits per heavy atom. The van der Waals surface area contributed by atoms with Gasteiger partial charge in [0.2, 0.25) is 11.8 Å². The number of ether oxygens (including phenoxy) is 1. The molecule has 0 saturated heterocycles. The molecule has 0 spiro atoms. The van der Waals surface area contributed by atoms with Gasteiger partial charge in [0, 0.05) is 23.9 Å². The number of thioether (sulfide) groups is 1. The van der Waals surface area contributed by atoms with Crippen LogP contribution in [0.5, 0.6) is 5.75 Å². The Labute approximate surface area is 283 Å². The average Bonchev–Trinajstić information content (AvgIpc) is 3.05. The minimum atomic E-state index is -4.26. The highest BCUT2D eigenvalue weighted by Crippen LogP contribution is 2.33. The summed E-state index contributed by atoms with van der Waals surface area (Å²) in [7, 11) is -4.26. The van der Waals surface area contributed by atoms with Gasteiger partial charge in [-0.1, -0.05) is 72.3 Å². The molecule has 1 atom stereocenters. The lowest BCUT2D eigenvalue weighted by Crippen LogP contribution is -2.54. The molecule has 0 aliphatic rings. The molecule has 0 heterocycles. The van der Waals surface area contributed by atoms with Crippen molar-refractivity contribution in [3.05, 3.63) is 120 Å². The van der Waals surface area contributed by atoms with Crippen molar-refractivity contribution in [2.45, 2.75) is 62.5 Å². The van der Waals surface area contributed by atoms with E-state index in [1.165, 1.54) is 16.7 Å². The van der Waals surface area contributed by atoms with E-state index in [2.05, 4.69) is 5.32 Å². The van der Waals surface area contributed by atoms with Gasteiger partial charge in [0.1, 0.15) is 18.3 Å². The highest BCUT2D eigenvalue weighted by Gasteiger charge is 2.35. The number of carbonyl (C=O) groups is 2. The molecule has 10 heteroatoms. The van der Waals surface area contributed by atoms with Crippen LogP contribution in [0.15, 0.2) is 113 Å². The smallest absolute Gasteiger partial charge is 0.264 e. The highest BCUT2D eigenvalue weighted by molar-refractivity contribution is 7.98. The van der Waals surface area contributed by atoms with Crippen molar-refractivity contribution in [3.8, 4) is 5.75 Å². The second-order valence-corrected chi connectivity index (χ2v) is 14.2. The van der Waals surface area contributed by atoms with Crippen molar-refractivity contribution in [2.75, 3.05) is 23.7 Å². The van der Waals surface area contributed by atoms with Crippen LogP contribution in [0.25, 0.3) is 0 Å². The molecule has 4 aromatic carbocycles. The minimum Gasteiger partial charge on any atom is -0.492 e. The lowest BCUT2D eigenvalue weighted by molar-refractivity contribution is -0.140. The van der Waals surface area contributed by atoms with E-state index in [-0.39, 0.29) is 35.5 Å². The fourth-order valence-corrected chi connectivity index (χ4v) is 7.10. The maximum absolute atomic E-state index is 14.7. The number of para-hydroxylation sites is 2. The topological polar surface area (TPSA) is 96.0 Å². The predicted octanol–water partition coefficient (Wildman–Crippen LogP) is 6.48. The van der Waals surface area contributed by atoms with Crippen molar-refractivity contribution in [3.63, 3.8) is 0 Å². The lowest BCUT2D eigenvalue weighted by atomic mass is 10.0. The standard InChI is InChI=1S/C37H43N3O5S2/c1-6-45-35-18-11-10-17-33(35)40(47(43,44)32-21-19-31(46-5)20-22-32)26-36(41)39(25-30-16-12-13-28(4)23-30)34(37(42)38-27(2)3)24-29-14-8-7-9-15-29/h7-23,27,34H,6,24-26H2,1-5H3,(H,38,42)/t34-/m1/s1. The van der Waals surface area contributed by atoms with E-state index >= 15 is 0 Å². The second kappa shape index (κ2) is 16.5. The van der Waals surface area contributed by atoms with Crippen molar-refractivity contribution in [1.82, 2.24) is 10.2 Å². The maximum atomic E-state index is 14.7. The molecular weight excluding hydrogens is 631 g/mol. The molecule has 1 N–H and O–H groups in total. The number of aryl methyl sites for hydroxylation is 1. The molecule has 0 aliphatic heterocycles. The summed E-state index contributed by atoms with van der Waals surface area (Å²) >= 11 is 1.50. The molecule has 0 saturated carbocycles. The normalized spacial score (nSPS) is 12.0. The summed E-state index contributed by atoms with van der Waals surface area (Å²) in [4.78, 5) is 31.0. The van der Waals surface area contributed by atoms with Crippen molar-refractivity contribution < 1.29 is 22.7 Å². The summed E-state index contributed by atoms with van der Waals surface area (Å²) in [5.41, 5.74) is 2.94. The van der Waals surface area contributed by atoms with Crippen LogP contribution in [-0.2, 0) is 32.6 Å². The highest BCUT2D eigenvalue weighted by atomic mass is 32.2. The number of nitrogens with one attached hydrogen (secondary N) is 1. The number of hydrogen-bond donors (Lipinski definition) is 1. The van der Waals surface area contributed by atoms with E-state index < -0.39 is 28.5 Å². The van der Waals surface area contributed by atoms with Crippen LogP contribution >= 0.6 is 11.8 Å². The summed E-state index contributed by atoms with van der Waals surface area (Å²) in [6.45, 7) is 7.36. The van der Waals surface area contributed by atoms with E-state index in [9.17, 15) is 18.0 Å². The van der Waals surface area contributed by atoms with Gasteiger partial charge in [-0.2, -0.15) is 0 Å². The van der Waals surface area contributed by atoms with Crippen molar-refractivity contribution >= 4 is 39.3 Å². The van der Waals surface area contributed by atoms with Gasteiger partial charge in [-0.25, -0.2) is 8.42 Å². The molecule has 47 heavy (non-hydrogen) atoms. The van der Waals surface area contributed by atoms with Crippen LogP contribution in [0, 0.1) is 6.92 Å². The molecule has 0 radical (unpaired) electrons. The van der Waals surface area contributed by atoms with Crippen LogP contribution in [0.3, 0.4) is 0 Å². The number of hydrogen-bond acceptors (Lipinski definition) is 6. The molecule has 0 bridgehead atoms. The number of nitrogens with zero attached hydrogens (tertiary/aromatic N) is 2. The Morgan fingerprint density at radius 1 is 0.872 bits per heavy atom. The van der Waals surface area contributed by atoms with Gasteiger partial charge >= 0.3 is 0 Å². The second-order valence-electron chi connectivity index (χ2n) is 11.5. The van der Waals surface area contributed by atoms with E-state index in [0.717, 1.165) is 25.9 Å². The Balaban J connectivity index is 1.84. The molecule has 248 valence electrons. The lowest BCUT2D eigenvalue weighted by Gasteiger charge is -2.34. The fourth-order valence-electron chi connectivity index (χ4n) is 5.27. The molecule has 0 aromatic heterocycles. The number of rotatable bonds is 15. The predicted molar refractivity (Wildman–Crippen MR) is 189 cm³/mol. The van der Waals surface area contributed by atoms with Crippen LogP contribution in [0.1, 0.15) is 37.5 Å². The van der Waals surface area contributed by atoms with E-state index in [1.807, 2.05) is 88.5 Å². The van der Waals surface area contributed by atoms with Crippen LogP contribution in [-0.4, -0.2) is 56.6 Å². The van der Waals surface area contributed by atoms with Gasteiger partial charge in [0.25, 0.3) is 10.0 Å². The Hall–Kier alpha value is -4.28. The fraction of sp³-hybridized carbons (Fsp3) is 0.297. The summed E-state index contributed by atoms with van der Waals surface area (Å²) < 4.78 is 35.7. The number of sulfonamides is 1. The largest absolute Gasteiger partial charge is 0.492 e. The first-order chi connectivity index (χ1) is 22.5. The van der Waals surface area contributed by atoms with Gasteiger partial charge in [-0.3, -0.25) is 13.9 Å². The van der Waals surface area contributed by atoms with E-state index in [1.54, 1.807) is 48.5 Å². The first-order valence-corrected chi connectivity index (χ1v) is 18.3. The molecule has 4 aromatic rings. The Kier molecular flexibility index (Phi) is 12.5. The molecule has 0 aliphatic carbocycles. The third-order valence-electron chi connectivity index (χ3n) is 7.50. The maximum Gasteiger partial charge on any atom is 0.264 e. The Bertz CT molecular complexity index is 1750.